The summed E-state index contributed by atoms with van der Waals surface area (Å²) in [4.78, 5) is 0. The fourth-order valence-corrected chi connectivity index (χ4v) is 2.06. The summed E-state index contributed by atoms with van der Waals surface area (Å²) >= 11 is 0. The molecule has 1 aromatic rings. The Kier molecular flexibility index (Phi) is 3.96. The van der Waals surface area contributed by atoms with Crippen molar-refractivity contribution in [2.75, 3.05) is 26.3 Å². The van der Waals surface area contributed by atoms with Crippen LogP contribution in [-0.4, -0.2) is 36.1 Å². The molecule has 1 unspecified atom stereocenters. The zero-order chi connectivity index (χ0) is 11.4. The molecule has 2 rings (SSSR count). The van der Waals surface area contributed by atoms with Crippen molar-refractivity contribution in [3.8, 4) is 0 Å². The van der Waals surface area contributed by atoms with Crippen molar-refractivity contribution < 1.29 is 4.74 Å². The van der Waals surface area contributed by atoms with Gasteiger partial charge >= 0.3 is 0 Å². The molecule has 1 aliphatic heterocycles. The number of hydrogen-bond donors (Lipinski definition) is 1. The minimum Gasteiger partial charge on any atom is -0.381 e. The Morgan fingerprint density at radius 2 is 2.50 bits per heavy atom. The van der Waals surface area contributed by atoms with E-state index < -0.39 is 0 Å². The molecule has 1 fully saturated rings. The van der Waals surface area contributed by atoms with Crippen LogP contribution in [0.4, 0.5) is 0 Å². The zero-order valence-corrected chi connectivity index (χ0v) is 10.2. The third-order valence-electron chi connectivity index (χ3n) is 3.37. The summed E-state index contributed by atoms with van der Waals surface area (Å²) in [5.41, 5.74) is 2.61. The van der Waals surface area contributed by atoms with Gasteiger partial charge in [-0.3, -0.25) is 4.68 Å². The maximum absolute atomic E-state index is 5.34. The normalized spacial score (nSPS) is 20.5. The smallest absolute Gasteiger partial charge is 0.0524 e. The molecular formula is C12H21N3O. The van der Waals surface area contributed by atoms with Crippen molar-refractivity contribution in [2.24, 2.45) is 13.0 Å². The van der Waals surface area contributed by atoms with Gasteiger partial charge in [0.05, 0.1) is 12.8 Å². The molecule has 90 valence electrons. The summed E-state index contributed by atoms with van der Waals surface area (Å²) in [5, 5.41) is 7.74. The second-order valence-corrected chi connectivity index (χ2v) is 4.56. The van der Waals surface area contributed by atoms with Gasteiger partial charge in [0, 0.05) is 25.9 Å². The van der Waals surface area contributed by atoms with E-state index in [1.807, 2.05) is 17.9 Å². The van der Waals surface area contributed by atoms with Gasteiger partial charge in [-0.2, -0.15) is 5.10 Å². The minimum atomic E-state index is 0.718. The first kappa shape index (κ1) is 11.6. The van der Waals surface area contributed by atoms with Crippen molar-refractivity contribution in [2.45, 2.75) is 19.8 Å². The van der Waals surface area contributed by atoms with Crippen LogP contribution in [0.1, 0.15) is 17.7 Å². The van der Waals surface area contributed by atoms with Gasteiger partial charge in [-0.05, 0) is 37.8 Å². The summed E-state index contributed by atoms with van der Waals surface area (Å²) in [6.07, 6.45) is 4.24. The summed E-state index contributed by atoms with van der Waals surface area (Å²) in [5.74, 6) is 0.718. The Morgan fingerprint density at radius 3 is 3.12 bits per heavy atom. The van der Waals surface area contributed by atoms with E-state index in [1.165, 1.54) is 17.7 Å². The topological polar surface area (TPSA) is 39.1 Å². The average molecular weight is 223 g/mol. The third kappa shape index (κ3) is 2.83. The molecule has 16 heavy (non-hydrogen) atoms. The summed E-state index contributed by atoms with van der Waals surface area (Å²) < 4.78 is 7.27. The molecule has 0 aromatic carbocycles. The second-order valence-electron chi connectivity index (χ2n) is 4.56. The van der Waals surface area contributed by atoms with Gasteiger partial charge in [-0.25, -0.2) is 0 Å². The molecule has 0 spiro atoms. The average Bonchev–Trinajstić information content (AvgIpc) is 2.88. The molecule has 2 heterocycles. The highest BCUT2D eigenvalue weighted by Gasteiger charge is 2.14. The van der Waals surface area contributed by atoms with Crippen molar-refractivity contribution in [3.05, 3.63) is 17.5 Å². The molecule has 4 heteroatoms. The minimum absolute atomic E-state index is 0.718. The third-order valence-corrected chi connectivity index (χ3v) is 3.37. The lowest BCUT2D eigenvalue weighted by molar-refractivity contribution is 0.185. The molecule has 0 saturated carbocycles. The number of hydrogen-bond acceptors (Lipinski definition) is 3. The zero-order valence-electron chi connectivity index (χ0n) is 10.2. The van der Waals surface area contributed by atoms with E-state index in [0.29, 0.717) is 0 Å². The number of nitrogens with one attached hydrogen (secondary N) is 1. The molecule has 0 aliphatic carbocycles. The SMILES string of the molecule is Cc1c(CCNCC2CCOC2)cnn1C. The highest BCUT2D eigenvalue weighted by molar-refractivity contribution is 5.15. The first-order valence-electron chi connectivity index (χ1n) is 6.03. The fourth-order valence-electron chi connectivity index (χ4n) is 2.06. The lowest BCUT2D eigenvalue weighted by Gasteiger charge is -2.08. The van der Waals surface area contributed by atoms with Gasteiger partial charge in [-0.1, -0.05) is 0 Å². The van der Waals surface area contributed by atoms with Gasteiger partial charge in [0.2, 0.25) is 0 Å². The van der Waals surface area contributed by atoms with Crippen molar-refractivity contribution in [1.29, 1.82) is 0 Å². The van der Waals surface area contributed by atoms with Crippen LogP contribution >= 0.6 is 0 Å². The predicted molar refractivity (Wildman–Crippen MR) is 63.4 cm³/mol. The van der Waals surface area contributed by atoms with E-state index in [4.69, 9.17) is 4.74 Å². The largest absolute Gasteiger partial charge is 0.381 e. The van der Waals surface area contributed by atoms with E-state index in [2.05, 4.69) is 17.3 Å². The van der Waals surface area contributed by atoms with Crippen molar-refractivity contribution in [1.82, 2.24) is 15.1 Å². The Hall–Kier alpha value is -0.870. The van der Waals surface area contributed by atoms with Crippen LogP contribution in [0.15, 0.2) is 6.20 Å². The molecule has 1 aliphatic rings. The quantitative estimate of drug-likeness (QED) is 0.754. The van der Waals surface area contributed by atoms with Gasteiger partial charge in [0.25, 0.3) is 0 Å². The van der Waals surface area contributed by atoms with Crippen LogP contribution in [0.3, 0.4) is 0 Å². The van der Waals surface area contributed by atoms with Gasteiger partial charge in [-0.15, -0.1) is 0 Å². The number of aromatic nitrogens is 2. The molecule has 0 bridgehead atoms. The fraction of sp³-hybridized carbons (Fsp3) is 0.750. The molecule has 0 radical (unpaired) electrons. The van der Waals surface area contributed by atoms with Gasteiger partial charge < -0.3 is 10.1 Å². The van der Waals surface area contributed by atoms with E-state index in [1.54, 1.807) is 0 Å². The molecule has 1 saturated heterocycles. The lowest BCUT2D eigenvalue weighted by Crippen LogP contribution is -2.25. The maximum atomic E-state index is 5.34. The maximum Gasteiger partial charge on any atom is 0.0524 e. The Labute approximate surface area is 97.0 Å². The predicted octanol–water partition coefficient (Wildman–Crippen LogP) is 0.897. The van der Waals surface area contributed by atoms with Crippen LogP contribution in [0.25, 0.3) is 0 Å². The monoisotopic (exact) mass is 223 g/mol. The molecular weight excluding hydrogens is 202 g/mol. The molecule has 1 aromatic heterocycles. The Bertz CT molecular complexity index is 329. The van der Waals surface area contributed by atoms with E-state index >= 15 is 0 Å². The molecule has 0 amide bonds. The summed E-state index contributed by atoms with van der Waals surface area (Å²) in [6.45, 7) is 6.10. The Balaban J connectivity index is 1.66. The highest BCUT2D eigenvalue weighted by atomic mass is 16.5. The molecule has 1 atom stereocenters. The van der Waals surface area contributed by atoms with Gasteiger partial charge in [0.1, 0.15) is 0 Å². The van der Waals surface area contributed by atoms with Gasteiger partial charge in [0.15, 0.2) is 0 Å². The van der Waals surface area contributed by atoms with Crippen LogP contribution in [0, 0.1) is 12.8 Å². The van der Waals surface area contributed by atoms with E-state index in [0.717, 1.165) is 38.6 Å². The first-order chi connectivity index (χ1) is 7.77. The summed E-state index contributed by atoms with van der Waals surface area (Å²) in [6, 6.07) is 0. The highest BCUT2D eigenvalue weighted by Crippen LogP contribution is 2.10. The lowest BCUT2D eigenvalue weighted by atomic mass is 10.1. The van der Waals surface area contributed by atoms with Crippen LogP contribution in [-0.2, 0) is 18.2 Å². The first-order valence-corrected chi connectivity index (χ1v) is 6.03. The second kappa shape index (κ2) is 5.46. The van der Waals surface area contributed by atoms with Crippen molar-refractivity contribution in [3.63, 3.8) is 0 Å². The molecule has 1 N–H and O–H groups in total. The number of nitrogens with zero attached hydrogens (tertiary/aromatic N) is 2. The standard InChI is InChI=1S/C12H21N3O/c1-10-12(8-14-15(10)2)3-5-13-7-11-4-6-16-9-11/h8,11,13H,3-7,9H2,1-2H3. The molecule has 4 nitrogen and oxygen atoms in total. The van der Waals surface area contributed by atoms with E-state index in [-0.39, 0.29) is 0 Å². The number of rotatable bonds is 5. The number of aryl methyl sites for hydroxylation is 1. The van der Waals surface area contributed by atoms with Crippen LogP contribution in [0.5, 0.6) is 0 Å². The van der Waals surface area contributed by atoms with Crippen LogP contribution < -0.4 is 5.32 Å². The Morgan fingerprint density at radius 1 is 1.62 bits per heavy atom. The summed E-state index contributed by atoms with van der Waals surface area (Å²) in [7, 11) is 1.99. The van der Waals surface area contributed by atoms with Crippen LogP contribution in [0.2, 0.25) is 0 Å². The number of ether oxygens (including phenoxy) is 1. The van der Waals surface area contributed by atoms with Crippen molar-refractivity contribution >= 4 is 0 Å². The van der Waals surface area contributed by atoms with E-state index in [9.17, 15) is 0 Å².